The maximum absolute atomic E-state index is 12.4. The van der Waals surface area contributed by atoms with Crippen molar-refractivity contribution in [2.45, 2.75) is 24.3 Å². The van der Waals surface area contributed by atoms with Gasteiger partial charge in [0.25, 0.3) is 0 Å². The average molecular weight is 360 g/mol. The lowest BCUT2D eigenvalue weighted by Crippen LogP contribution is -2.55. The van der Waals surface area contributed by atoms with Gasteiger partial charge in [0.1, 0.15) is 5.54 Å². The number of carboxylic acids is 1. The summed E-state index contributed by atoms with van der Waals surface area (Å²) >= 11 is 13.5. The van der Waals surface area contributed by atoms with Gasteiger partial charge in [-0.05, 0) is 42.2 Å². The van der Waals surface area contributed by atoms with E-state index in [9.17, 15) is 14.7 Å². The van der Waals surface area contributed by atoms with Gasteiger partial charge in [0.2, 0.25) is 5.91 Å². The van der Waals surface area contributed by atoms with Crippen molar-refractivity contribution in [1.29, 1.82) is 0 Å². The molecule has 1 saturated heterocycles. The Morgan fingerprint density at radius 2 is 2.09 bits per heavy atom. The SMILES string of the molecule is O=C(NC1(C(=O)O)CCSC1)C1CC1c1ccc(Cl)c(Cl)c1. The quantitative estimate of drug-likeness (QED) is 0.866. The molecular weight excluding hydrogens is 345 g/mol. The van der Waals surface area contributed by atoms with Gasteiger partial charge < -0.3 is 10.4 Å². The third-order valence-corrected chi connectivity index (χ3v) is 6.22. The summed E-state index contributed by atoms with van der Waals surface area (Å²) in [5.74, 6) is -0.0293. The van der Waals surface area contributed by atoms with Crippen molar-refractivity contribution in [3.05, 3.63) is 33.8 Å². The van der Waals surface area contributed by atoms with Gasteiger partial charge >= 0.3 is 5.97 Å². The second-order valence-electron chi connectivity index (χ2n) is 5.80. The number of carboxylic acid groups (broad SMARTS) is 1. The van der Waals surface area contributed by atoms with Crippen molar-refractivity contribution in [3.8, 4) is 0 Å². The Morgan fingerprint density at radius 1 is 1.32 bits per heavy atom. The number of amides is 1. The molecule has 3 rings (SSSR count). The first kappa shape index (κ1) is 16.0. The summed E-state index contributed by atoms with van der Waals surface area (Å²) in [7, 11) is 0. The lowest BCUT2D eigenvalue weighted by molar-refractivity contribution is -0.146. The molecule has 1 amide bonds. The van der Waals surface area contributed by atoms with Crippen LogP contribution in [0.25, 0.3) is 0 Å². The van der Waals surface area contributed by atoms with E-state index in [-0.39, 0.29) is 17.7 Å². The molecule has 22 heavy (non-hydrogen) atoms. The number of thioether (sulfide) groups is 1. The number of rotatable bonds is 4. The summed E-state index contributed by atoms with van der Waals surface area (Å²) in [5.41, 5.74) is -0.133. The molecule has 1 aliphatic carbocycles. The maximum Gasteiger partial charge on any atom is 0.330 e. The molecule has 7 heteroatoms. The first-order valence-electron chi connectivity index (χ1n) is 7.01. The van der Waals surface area contributed by atoms with Crippen LogP contribution in [0.15, 0.2) is 18.2 Å². The normalized spacial score (nSPS) is 30.1. The van der Waals surface area contributed by atoms with Crippen LogP contribution in [0.3, 0.4) is 0 Å². The van der Waals surface area contributed by atoms with E-state index >= 15 is 0 Å². The molecule has 1 aromatic rings. The number of hydrogen-bond donors (Lipinski definition) is 2. The minimum absolute atomic E-state index is 0.0923. The molecule has 3 atom stereocenters. The fourth-order valence-corrected chi connectivity index (χ4v) is 4.44. The molecule has 0 aromatic heterocycles. The Balaban J connectivity index is 1.67. The molecule has 1 aromatic carbocycles. The van der Waals surface area contributed by atoms with Crippen molar-refractivity contribution < 1.29 is 14.7 Å². The molecule has 0 radical (unpaired) electrons. The van der Waals surface area contributed by atoms with Crippen LogP contribution in [-0.2, 0) is 9.59 Å². The maximum atomic E-state index is 12.4. The van der Waals surface area contributed by atoms with E-state index in [4.69, 9.17) is 23.2 Å². The number of halogens is 2. The largest absolute Gasteiger partial charge is 0.479 e. The lowest BCUT2D eigenvalue weighted by Gasteiger charge is -2.24. The van der Waals surface area contributed by atoms with Crippen LogP contribution < -0.4 is 5.32 Å². The van der Waals surface area contributed by atoms with E-state index in [1.54, 1.807) is 23.9 Å². The standard InChI is InChI=1S/C15H15Cl2NO3S/c16-11-2-1-8(5-12(11)17)9-6-10(9)13(19)18-15(14(20)21)3-4-22-7-15/h1-2,5,9-10H,3-4,6-7H2,(H,18,19)(H,20,21). The second-order valence-corrected chi connectivity index (χ2v) is 7.72. The van der Waals surface area contributed by atoms with Gasteiger partial charge in [-0.2, -0.15) is 11.8 Å². The van der Waals surface area contributed by atoms with Crippen molar-refractivity contribution >= 4 is 46.8 Å². The van der Waals surface area contributed by atoms with Crippen LogP contribution in [0.2, 0.25) is 10.0 Å². The summed E-state index contributed by atoms with van der Waals surface area (Å²) in [4.78, 5) is 23.8. The number of carbonyl (C=O) groups is 2. The topological polar surface area (TPSA) is 66.4 Å². The fourth-order valence-electron chi connectivity index (χ4n) is 2.81. The predicted octanol–water partition coefficient (Wildman–Crippen LogP) is 3.17. The highest BCUT2D eigenvalue weighted by Crippen LogP contribution is 2.49. The highest BCUT2D eigenvalue weighted by atomic mass is 35.5. The predicted molar refractivity (Wildman–Crippen MR) is 87.8 cm³/mol. The van der Waals surface area contributed by atoms with Crippen molar-refractivity contribution in [1.82, 2.24) is 5.32 Å². The van der Waals surface area contributed by atoms with Gasteiger partial charge in [-0.1, -0.05) is 29.3 Å². The molecule has 118 valence electrons. The monoisotopic (exact) mass is 359 g/mol. The van der Waals surface area contributed by atoms with E-state index in [0.29, 0.717) is 28.6 Å². The molecule has 2 aliphatic rings. The Labute approximate surface area is 142 Å². The highest BCUT2D eigenvalue weighted by molar-refractivity contribution is 7.99. The third kappa shape index (κ3) is 2.94. The molecule has 4 nitrogen and oxygen atoms in total. The Bertz CT molecular complexity index is 631. The van der Waals surface area contributed by atoms with Gasteiger partial charge in [-0.3, -0.25) is 4.79 Å². The van der Waals surface area contributed by atoms with E-state index in [1.807, 2.05) is 6.07 Å². The first-order valence-corrected chi connectivity index (χ1v) is 8.92. The summed E-state index contributed by atoms with van der Waals surface area (Å²) in [6.45, 7) is 0. The molecule has 0 spiro atoms. The Hall–Kier alpha value is -0.910. The molecule has 1 saturated carbocycles. The minimum Gasteiger partial charge on any atom is -0.479 e. The number of hydrogen-bond acceptors (Lipinski definition) is 3. The van der Waals surface area contributed by atoms with Crippen LogP contribution in [0.1, 0.15) is 24.3 Å². The summed E-state index contributed by atoms with van der Waals surface area (Å²) < 4.78 is 0. The number of carbonyl (C=O) groups excluding carboxylic acids is 1. The molecule has 3 unspecified atom stereocenters. The Morgan fingerprint density at radius 3 is 2.68 bits per heavy atom. The van der Waals surface area contributed by atoms with Crippen LogP contribution in [-0.4, -0.2) is 34.0 Å². The summed E-state index contributed by atoms with van der Waals surface area (Å²) in [5, 5.41) is 13.1. The first-order chi connectivity index (χ1) is 10.4. The number of nitrogens with one attached hydrogen (secondary N) is 1. The molecule has 2 N–H and O–H groups in total. The van der Waals surface area contributed by atoms with Crippen molar-refractivity contribution in [2.75, 3.05) is 11.5 Å². The second kappa shape index (κ2) is 5.95. The zero-order valence-corrected chi connectivity index (χ0v) is 14.0. The van der Waals surface area contributed by atoms with Gasteiger partial charge in [0.05, 0.1) is 10.0 Å². The van der Waals surface area contributed by atoms with Gasteiger partial charge in [0, 0.05) is 11.7 Å². The van der Waals surface area contributed by atoms with Gasteiger partial charge in [-0.15, -0.1) is 0 Å². The van der Waals surface area contributed by atoms with Crippen LogP contribution in [0.5, 0.6) is 0 Å². The van der Waals surface area contributed by atoms with E-state index in [1.165, 1.54) is 0 Å². The fraction of sp³-hybridized carbons (Fsp3) is 0.467. The smallest absolute Gasteiger partial charge is 0.330 e. The van der Waals surface area contributed by atoms with Crippen LogP contribution >= 0.6 is 35.0 Å². The number of benzene rings is 1. The average Bonchev–Trinajstić information content (AvgIpc) is 3.14. The van der Waals surface area contributed by atoms with E-state index in [0.717, 1.165) is 11.3 Å². The molecular formula is C15H15Cl2NO3S. The minimum atomic E-state index is -1.10. The lowest BCUT2D eigenvalue weighted by atomic mass is 9.98. The van der Waals surface area contributed by atoms with Gasteiger partial charge in [0.15, 0.2) is 0 Å². The van der Waals surface area contributed by atoms with E-state index < -0.39 is 11.5 Å². The number of aliphatic carboxylic acids is 1. The zero-order chi connectivity index (χ0) is 15.9. The van der Waals surface area contributed by atoms with E-state index in [2.05, 4.69) is 5.32 Å². The van der Waals surface area contributed by atoms with Crippen molar-refractivity contribution in [2.24, 2.45) is 5.92 Å². The van der Waals surface area contributed by atoms with Crippen LogP contribution in [0, 0.1) is 5.92 Å². The molecule has 0 bridgehead atoms. The van der Waals surface area contributed by atoms with Crippen molar-refractivity contribution in [3.63, 3.8) is 0 Å². The molecule has 1 heterocycles. The highest BCUT2D eigenvalue weighted by Gasteiger charge is 2.49. The third-order valence-electron chi connectivity index (χ3n) is 4.29. The zero-order valence-electron chi connectivity index (χ0n) is 11.6. The summed E-state index contributed by atoms with van der Waals surface area (Å²) in [6, 6.07) is 5.36. The summed E-state index contributed by atoms with van der Waals surface area (Å²) in [6.07, 6.45) is 1.19. The molecule has 2 fully saturated rings. The van der Waals surface area contributed by atoms with Gasteiger partial charge in [-0.25, -0.2) is 4.79 Å². The Kier molecular flexibility index (Phi) is 4.32. The molecule has 1 aliphatic heterocycles. The van der Waals surface area contributed by atoms with Crippen LogP contribution in [0.4, 0.5) is 0 Å².